The highest BCUT2D eigenvalue weighted by Gasteiger charge is 2.27. The highest BCUT2D eigenvalue weighted by Crippen LogP contribution is 2.27. The van der Waals surface area contributed by atoms with Crippen LogP contribution in [0.5, 0.6) is 0 Å². The van der Waals surface area contributed by atoms with Crippen molar-refractivity contribution in [1.29, 1.82) is 0 Å². The van der Waals surface area contributed by atoms with Gasteiger partial charge in [-0.3, -0.25) is 4.99 Å². The first kappa shape index (κ1) is 19.0. The van der Waals surface area contributed by atoms with Crippen molar-refractivity contribution in [3.63, 3.8) is 0 Å². The van der Waals surface area contributed by atoms with E-state index in [9.17, 15) is 5.11 Å². The van der Waals surface area contributed by atoms with E-state index in [0.717, 1.165) is 36.4 Å². The second kappa shape index (κ2) is 9.21. The minimum Gasteiger partial charge on any atom is -0.386 e. The molecular weight excluding hydrogens is 356 g/mol. The number of guanidine groups is 1. The molecule has 0 amide bonds. The summed E-state index contributed by atoms with van der Waals surface area (Å²) in [7, 11) is 0. The van der Waals surface area contributed by atoms with Crippen molar-refractivity contribution < 1.29 is 5.11 Å². The first-order valence-electron chi connectivity index (χ1n) is 9.34. The Bertz CT molecular complexity index is 573. The minimum absolute atomic E-state index is 0.368. The Labute approximate surface area is 159 Å². The van der Waals surface area contributed by atoms with Crippen molar-refractivity contribution >= 4 is 28.9 Å². The first-order valence-corrected chi connectivity index (χ1v) is 10.5. The lowest BCUT2D eigenvalue weighted by molar-refractivity contribution is 0.190. The van der Waals surface area contributed by atoms with Gasteiger partial charge in [-0.25, -0.2) is 0 Å². The monoisotopic (exact) mass is 384 g/mol. The number of halogens is 1. The summed E-state index contributed by atoms with van der Waals surface area (Å²) in [5, 5.41) is 13.7. The van der Waals surface area contributed by atoms with Crippen molar-refractivity contribution in [3.05, 3.63) is 21.3 Å². The summed E-state index contributed by atoms with van der Waals surface area (Å²) in [6.07, 6.45) is 3.34. The number of hydrogen-bond donors (Lipinski definition) is 2. The zero-order chi connectivity index (χ0) is 17.6. The minimum atomic E-state index is -0.589. The zero-order valence-electron chi connectivity index (χ0n) is 15.0. The topological polar surface area (TPSA) is 51.1 Å². The number of thiophene rings is 1. The number of hydrogen-bond acceptors (Lipinski definition) is 4. The summed E-state index contributed by atoms with van der Waals surface area (Å²) in [5.41, 5.74) is 0. The van der Waals surface area contributed by atoms with Crippen LogP contribution < -0.4 is 5.32 Å². The van der Waals surface area contributed by atoms with Crippen LogP contribution in [0.1, 0.15) is 37.2 Å². The second-order valence-corrected chi connectivity index (χ2v) is 8.71. The summed E-state index contributed by atoms with van der Waals surface area (Å²) in [6, 6.07) is 3.70. The second-order valence-electron chi connectivity index (χ2n) is 6.96. The molecule has 2 N–H and O–H groups in total. The standard InChI is InChI=1S/C18H29ClN4OS/c1-2-20-18(21-11-15(24)16-5-6-17(19)25-16)23-10-7-14(13-23)12-22-8-3-4-9-22/h5-6,14-15,24H,2-4,7-13H2,1H3,(H,20,21). The fourth-order valence-electron chi connectivity index (χ4n) is 3.70. The van der Waals surface area contributed by atoms with Crippen LogP contribution in [-0.2, 0) is 0 Å². The number of likely N-dealkylation sites (tertiary alicyclic amines) is 2. The van der Waals surface area contributed by atoms with Gasteiger partial charge in [-0.2, -0.15) is 0 Å². The van der Waals surface area contributed by atoms with E-state index in [-0.39, 0.29) is 0 Å². The average molecular weight is 385 g/mol. The molecule has 2 saturated heterocycles. The van der Waals surface area contributed by atoms with E-state index in [2.05, 4.69) is 27.0 Å². The maximum Gasteiger partial charge on any atom is 0.194 e. The summed E-state index contributed by atoms with van der Waals surface area (Å²) >= 11 is 7.37. The third-order valence-electron chi connectivity index (χ3n) is 4.97. The van der Waals surface area contributed by atoms with E-state index in [1.807, 2.05) is 12.1 Å². The quantitative estimate of drug-likeness (QED) is 0.585. The van der Waals surface area contributed by atoms with Gasteiger partial charge in [0.05, 0.1) is 10.9 Å². The molecule has 0 bridgehead atoms. The van der Waals surface area contributed by atoms with Crippen LogP contribution in [0.15, 0.2) is 17.1 Å². The lowest BCUT2D eigenvalue weighted by Crippen LogP contribution is -2.41. The van der Waals surface area contributed by atoms with Crippen LogP contribution in [0, 0.1) is 5.92 Å². The number of nitrogens with zero attached hydrogens (tertiary/aromatic N) is 3. The zero-order valence-corrected chi connectivity index (χ0v) is 16.5. The molecule has 3 heterocycles. The number of nitrogens with one attached hydrogen (secondary N) is 1. The highest BCUT2D eigenvalue weighted by atomic mass is 35.5. The van der Waals surface area contributed by atoms with E-state index >= 15 is 0 Å². The third kappa shape index (κ3) is 5.33. The van der Waals surface area contributed by atoms with Crippen LogP contribution in [0.2, 0.25) is 4.34 Å². The molecule has 25 heavy (non-hydrogen) atoms. The predicted molar refractivity (Wildman–Crippen MR) is 106 cm³/mol. The Morgan fingerprint density at radius 1 is 1.40 bits per heavy atom. The van der Waals surface area contributed by atoms with Crippen molar-refractivity contribution in [3.8, 4) is 0 Å². The molecule has 2 unspecified atom stereocenters. The fraction of sp³-hybridized carbons (Fsp3) is 0.722. The molecule has 7 heteroatoms. The van der Waals surface area contributed by atoms with Crippen molar-refractivity contribution in [2.24, 2.45) is 10.9 Å². The molecule has 0 spiro atoms. The molecule has 0 radical (unpaired) electrons. The Hall–Kier alpha value is -0.820. The lowest BCUT2D eigenvalue weighted by atomic mass is 10.1. The average Bonchev–Trinajstić information content (AvgIpc) is 3.34. The van der Waals surface area contributed by atoms with Crippen LogP contribution >= 0.6 is 22.9 Å². The van der Waals surface area contributed by atoms with Gasteiger partial charge in [-0.05, 0) is 57.3 Å². The first-order chi connectivity index (χ1) is 12.2. The molecule has 3 rings (SSSR count). The number of aliphatic hydroxyl groups is 1. The summed E-state index contributed by atoms with van der Waals surface area (Å²) in [6.45, 7) is 9.14. The molecule has 5 nitrogen and oxygen atoms in total. The largest absolute Gasteiger partial charge is 0.386 e. The predicted octanol–water partition coefficient (Wildman–Crippen LogP) is 2.82. The molecule has 1 aromatic rings. The van der Waals surface area contributed by atoms with Gasteiger partial charge in [0, 0.05) is 31.1 Å². The number of aliphatic imine (C=N–C) groups is 1. The summed E-state index contributed by atoms with van der Waals surface area (Å²) in [4.78, 5) is 10.5. The Morgan fingerprint density at radius 2 is 2.20 bits per heavy atom. The normalized spacial score (nSPS) is 23.4. The van der Waals surface area contributed by atoms with E-state index in [0.29, 0.717) is 10.9 Å². The van der Waals surface area contributed by atoms with Gasteiger partial charge in [0.2, 0.25) is 0 Å². The maximum atomic E-state index is 10.3. The number of rotatable bonds is 6. The molecule has 0 aliphatic carbocycles. The van der Waals surface area contributed by atoms with E-state index in [1.54, 1.807) is 0 Å². The van der Waals surface area contributed by atoms with Crippen LogP contribution in [0.4, 0.5) is 0 Å². The molecule has 140 valence electrons. The molecule has 0 saturated carbocycles. The van der Waals surface area contributed by atoms with Gasteiger partial charge in [-0.1, -0.05) is 11.6 Å². The Morgan fingerprint density at radius 3 is 2.88 bits per heavy atom. The van der Waals surface area contributed by atoms with Crippen molar-refractivity contribution in [1.82, 2.24) is 15.1 Å². The molecule has 0 aromatic carbocycles. The van der Waals surface area contributed by atoms with Crippen LogP contribution in [0.3, 0.4) is 0 Å². The van der Waals surface area contributed by atoms with E-state index < -0.39 is 6.10 Å². The fourth-order valence-corrected chi connectivity index (χ4v) is 4.74. The molecule has 2 aliphatic rings. The summed E-state index contributed by atoms with van der Waals surface area (Å²) < 4.78 is 0.703. The van der Waals surface area contributed by atoms with Gasteiger partial charge in [0.25, 0.3) is 0 Å². The van der Waals surface area contributed by atoms with Crippen molar-refractivity contribution in [2.75, 3.05) is 45.8 Å². The lowest BCUT2D eigenvalue weighted by Gasteiger charge is -2.23. The molecule has 2 atom stereocenters. The van der Waals surface area contributed by atoms with E-state index in [4.69, 9.17) is 11.6 Å². The van der Waals surface area contributed by atoms with Crippen LogP contribution in [-0.4, -0.2) is 66.7 Å². The smallest absolute Gasteiger partial charge is 0.194 e. The van der Waals surface area contributed by atoms with Gasteiger partial charge < -0.3 is 20.2 Å². The highest BCUT2D eigenvalue weighted by molar-refractivity contribution is 7.16. The van der Waals surface area contributed by atoms with Crippen molar-refractivity contribution in [2.45, 2.75) is 32.3 Å². The third-order valence-corrected chi connectivity index (χ3v) is 6.30. The number of aliphatic hydroxyl groups excluding tert-OH is 1. The molecule has 1 aromatic heterocycles. The summed E-state index contributed by atoms with van der Waals surface area (Å²) in [5.74, 6) is 1.65. The maximum absolute atomic E-state index is 10.3. The molecule has 2 fully saturated rings. The van der Waals surface area contributed by atoms with Crippen LogP contribution in [0.25, 0.3) is 0 Å². The SMILES string of the molecule is CCNC(=NCC(O)c1ccc(Cl)s1)N1CCC(CN2CCCC2)C1. The molecular formula is C18H29ClN4OS. The van der Waals surface area contributed by atoms with Gasteiger partial charge in [-0.15, -0.1) is 11.3 Å². The Kier molecular flexibility index (Phi) is 6.99. The molecule has 2 aliphatic heterocycles. The van der Waals surface area contributed by atoms with Gasteiger partial charge in [0.1, 0.15) is 6.10 Å². The van der Waals surface area contributed by atoms with Gasteiger partial charge >= 0.3 is 0 Å². The van der Waals surface area contributed by atoms with E-state index in [1.165, 1.54) is 50.2 Å². The Balaban J connectivity index is 1.54. The van der Waals surface area contributed by atoms with Gasteiger partial charge in [0.15, 0.2) is 5.96 Å².